The zero-order valence-corrected chi connectivity index (χ0v) is 16.9. The molecular formula is C22H24N6O2. The first-order chi connectivity index (χ1) is 14.6. The Labute approximate surface area is 175 Å². The Morgan fingerprint density at radius 3 is 2.63 bits per heavy atom. The van der Waals surface area contributed by atoms with Crippen LogP contribution in [0, 0.1) is 6.92 Å². The van der Waals surface area contributed by atoms with Gasteiger partial charge in [-0.05, 0) is 31.0 Å². The number of aromatic amines is 1. The van der Waals surface area contributed by atoms with E-state index in [-0.39, 0.29) is 17.9 Å². The van der Waals surface area contributed by atoms with Crippen LogP contribution >= 0.6 is 0 Å². The molecule has 1 aliphatic rings. The van der Waals surface area contributed by atoms with Gasteiger partial charge in [0.1, 0.15) is 5.82 Å². The molecule has 1 fully saturated rings. The second kappa shape index (κ2) is 8.86. The van der Waals surface area contributed by atoms with Gasteiger partial charge in [-0.15, -0.1) is 0 Å². The fourth-order valence-corrected chi connectivity index (χ4v) is 3.74. The summed E-state index contributed by atoms with van der Waals surface area (Å²) in [5.41, 5.74) is 1.50. The van der Waals surface area contributed by atoms with Crippen LogP contribution in [0.25, 0.3) is 0 Å². The Hall–Kier alpha value is -3.55. The topological polar surface area (TPSA) is 95.1 Å². The molecule has 0 aliphatic carbocycles. The lowest BCUT2D eigenvalue weighted by molar-refractivity contribution is -0.130. The van der Waals surface area contributed by atoms with E-state index in [0.717, 1.165) is 5.56 Å². The highest BCUT2D eigenvalue weighted by atomic mass is 16.2. The van der Waals surface area contributed by atoms with Gasteiger partial charge in [0.25, 0.3) is 5.91 Å². The number of benzene rings is 1. The molecule has 3 heterocycles. The third-order valence-electron chi connectivity index (χ3n) is 5.29. The van der Waals surface area contributed by atoms with Crippen LogP contribution in [0.2, 0.25) is 0 Å². The number of aryl methyl sites for hydroxylation is 1. The van der Waals surface area contributed by atoms with Gasteiger partial charge in [-0.1, -0.05) is 30.3 Å². The highest BCUT2D eigenvalue weighted by molar-refractivity contribution is 5.94. The number of hydrogen-bond acceptors (Lipinski definition) is 5. The van der Waals surface area contributed by atoms with Crippen LogP contribution in [0.5, 0.6) is 0 Å². The van der Waals surface area contributed by atoms with E-state index in [9.17, 15) is 9.59 Å². The largest absolute Gasteiger partial charge is 0.341 e. The van der Waals surface area contributed by atoms with Gasteiger partial charge in [-0.2, -0.15) is 5.10 Å². The molecule has 8 nitrogen and oxygen atoms in total. The molecule has 4 rings (SSSR count). The van der Waals surface area contributed by atoms with Crippen molar-refractivity contribution >= 4 is 11.8 Å². The number of nitrogens with one attached hydrogen (secondary N) is 1. The number of nitrogens with zero attached hydrogens (tertiary/aromatic N) is 5. The van der Waals surface area contributed by atoms with E-state index in [4.69, 9.17) is 0 Å². The third kappa shape index (κ3) is 4.37. The minimum atomic E-state index is -0.308. The Morgan fingerprint density at radius 1 is 1.10 bits per heavy atom. The van der Waals surface area contributed by atoms with Gasteiger partial charge in [0, 0.05) is 32.0 Å². The molecule has 30 heavy (non-hydrogen) atoms. The molecular weight excluding hydrogens is 380 g/mol. The van der Waals surface area contributed by atoms with Crippen molar-refractivity contribution in [3.8, 4) is 0 Å². The summed E-state index contributed by atoms with van der Waals surface area (Å²) in [6.45, 7) is 3.25. The summed E-state index contributed by atoms with van der Waals surface area (Å²) in [4.78, 5) is 38.2. The number of pyridine rings is 1. The average Bonchev–Trinajstić information content (AvgIpc) is 3.08. The quantitative estimate of drug-likeness (QED) is 0.719. The van der Waals surface area contributed by atoms with Gasteiger partial charge in [0.05, 0.1) is 18.0 Å². The zero-order valence-electron chi connectivity index (χ0n) is 16.9. The molecule has 0 spiro atoms. The first-order valence-electron chi connectivity index (χ1n) is 10.0. The molecule has 2 amide bonds. The number of aromatic nitrogens is 4. The van der Waals surface area contributed by atoms with Crippen LogP contribution in [-0.4, -0.2) is 61.4 Å². The van der Waals surface area contributed by atoms with Gasteiger partial charge < -0.3 is 9.80 Å². The van der Waals surface area contributed by atoms with Crippen LogP contribution in [-0.2, 0) is 11.2 Å². The summed E-state index contributed by atoms with van der Waals surface area (Å²) in [7, 11) is 0. The number of amides is 2. The maximum absolute atomic E-state index is 13.2. The standard InChI is InChI=1S/C22H24N6O2/c1-16-24-21(26-25-16)19-9-11-27(20(29)14-17-6-3-2-4-7-17)12-13-28(19)22(30)18-8-5-10-23-15-18/h2-8,10,15,19H,9,11-14H2,1H3,(H,24,25,26). The van der Waals surface area contributed by atoms with Crippen LogP contribution in [0.15, 0.2) is 54.9 Å². The van der Waals surface area contributed by atoms with E-state index in [1.54, 1.807) is 29.4 Å². The first kappa shape index (κ1) is 19.8. The maximum Gasteiger partial charge on any atom is 0.256 e. The summed E-state index contributed by atoms with van der Waals surface area (Å²) in [5.74, 6) is 1.19. The monoisotopic (exact) mass is 404 g/mol. The van der Waals surface area contributed by atoms with Gasteiger partial charge in [-0.3, -0.25) is 19.7 Å². The molecule has 1 aliphatic heterocycles. The van der Waals surface area contributed by atoms with Gasteiger partial charge in [-0.25, -0.2) is 4.98 Å². The molecule has 0 saturated carbocycles. The van der Waals surface area contributed by atoms with E-state index >= 15 is 0 Å². The fraction of sp³-hybridized carbons (Fsp3) is 0.318. The molecule has 1 saturated heterocycles. The maximum atomic E-state index is 13.2. The molecule has 0 radical (unpaired) electrons. The summed E-state index contributed by atoms with van der Waals surface area (Å²) in [6.07, 6.45) is 4.12. The van der Waals surface area contributed by atoms with Crippen molar-refractivity contribution in [1.29, 1.82) is 0 Å². The van der Waals surface area contributed by atoms with Crippen molar-refractivity contribution in [1.82, 2.24) is 30.0 Å². The minimum absolute atomic E-state index is 0.0572. The highest BCUT2D eigenvalue weighted by Crippen LogP contribution is 2.26. The summed E-state index contributed by atoms with van der Waals surface area (Å²) in [6, 6.07) is 12.9. The van der Waals surface area contributed by atoms with Gasteiger partial charge in [0.2, 0.25) is 5.91 Å². The Kier molecular flexibility index (Phi) is 5.83. The summed E-state index contributed by atoms with van der Waals surface area (Å²) < 4.78 is 0. The van der Waals surface area contributed by atoms with Crippen molar-refractivity contribution in [2.45, 2.75) is 25.8 Å². The number of hydrogen-bond donors (Lipinski definition) is 1. The minimum Gasteiger partial charge on any atom is -0.341 e. The predicted octanol–water partition coefficient (Wildman–Crippen LogP) is 2.17. The first-order valence-corrected chi connectivity index (χ1v) is 10.0. The molecule has 3 aromatic rings. The van der Waals surface area contributed by atoms with Crippen LogP contribution in [0.1, 0.15) is 40.0 Å². The second-order valence-electron chi connectivity index (χ2n) is 7.37. The van der Waals surface area contributed by atoms with Crippen molar-refractivity contribution < 1.29 is 9.59 Å². The van der Waals surface area contributed by atoms with Gasteiger partial charge >= 0.3 is 0 Å². The Morgan fingerprint density at radius 2 is 1.93 bits per heavy atom. The predicted molar refractivity (Wildman–Crippen MR) is 110 cm³/mol. The number of rotatable bonds is 4. The molecule has 154 valence electrons. The van der Waals surface area contributed by atoms with E-state index in [2.05, 4.69) is 20.2 Å². The van der Waals surface area contributed by atoms with E-state index < -0.39 is 0 Å². The molecule has 1 N–H and O–H groups in total. The average molecular weight is 404 g/mol. The highest BCUT2D eigenvalue weighted by Gasteiger charge is 2.33. The van der Waals surface area contributed by atoms with Crippen LogP contribution < -0.4 is 0 Å². The van der Waals surface area contributed by atoms with E-state index in [1.807, 2.05) is 42.2 Å². The number of carbonyl (C=O) groups excluding carboxylic acids is 2. The molecule has 1 unspecified atom stereocenters. The molecule has 0 bridgehead atoms. The van der Waals surface area contributed by atoms with Crippen molar-refractivity contribution in [2.75, 3.05) is 19.6 Å². The van der Waals surface area contributed by atoms with Crippen LogP contribution in [0.4, 0.5) is 0 Å². The summed E-state index contributed by atoms with van der Waals surface area (Å²) >= 11 is 0. The molecule has 2 aromatic heterocycles. The van der Waals surface area contributed by atoms with Crippen molar-refractivity contribution in [3.05, 3.63) is 77.6 Å². The smallest absolute Gasteiger partial charge is 0.256 e. The molecule has 1 atom stereocenters. The Bertz CT molecular complexity index is 1000. The molecule has 8 heteroatoms. The SMILES string of the molecule is Cc1nc(C2CCN(C(=O)Cc3ccccc3)CCN2C(=O)c2cccnc2)n[nH]1. The lowest BCUT2D eigenvalue weighted by Crippen LogP contribution is -2.39. The van der Waals surface area contributed by atoms with Crippen molar-refractivity contribution in [3.63, 3.8) is 0 Å². The summed E-state index contributed by atoms with van der Waals surface area (Å²) in [5, 5.41) is 7.16. The number of H-pyrrole nitrogens is 1. The molecule has 1 aromatic carbocycles. The van der Waals surface area contributed by atoms with E-state index in [1.165, 1.54) is 0 Å². The third-order valence-corrected chi connectivity index (χ3v) is 5.29. The lowest BCUT2D eigenvalue weighted by atomic mass is 10.1. The van der Waals surface area contributed by atoms with E-state index in [0.29, 0.717) is 49.7 Å². The van der Waals surface area contributed by atoms with Gasteiger partial charge in [0.15, 0.2) is 5.82 Å². The lowest BCUT2D eigenvalue weighted by Gasteiger charge is -2.27. The number of carbonyl (C=O) groups is 2. The Balaban J connectivity index is 1.55. The normalized spacial score (nSPS) is 16.9. The van der Waals surface area contributed by atoms with Crippen LogP contribution in [0.3, 0.4) is 0 Å². The fourth-order valence-electron chi connectivity index (χ4n) is 3.74. The second-order valence-corrected chi connectivity index (χ2v) is 7.37. The zero-order chi connectivity index (χ0) is 20.9. The van der Waals surface area contributed by atoms with Crippen molar-refractivity contribution in [2.24, 2.45) is 0 Å².